The molecule has 0 bridgehead atoms. The molecule has 0 saturated heterocycles. The molecule has 2 heteroatoms. The molecule has 2 nitrogen and oxygen atoms in total. The fourth-order valence-corrected chi connectivity index (χ4v) is 2.41. The van der Waals surface area contributed by atoms with Gasteiger partial charge in [0.05, 0.1) is 0 Å². The summed E-state index contributed by atoms with van der Waals surface area (Å²) < 4.78 is 0. The number of rotatable bonds is 16. The van der Waals surface area contributed by atoms with Crippen molar-refractivity contribution in [3.8, 4) is 0 Å². The van der Waals surface area contributed by atoms with Crippen molar-refractivity contribution in [3.05, 3.63) is 24.3 Å². The Morgan fingerprint density at radius 2 is 1.14 bits per heavy atom. The maximum Gasteiger partial charge on any atom is 0.303 e. The van der Waals surface area contributed by atoms with Crippen molar-refractivity contribution in [3.63, 3.8) is 0 Å². The van der Waals surface area contributed by atoms with Crippen LogP contribution in [-0.4, -0.2) is 11.1 Å². The van der Waals surface area contributed by atoms with E-state index in [1.165, 1.54) is 57.8 Å². The molecule has 0 aromatic carbocycles. The number of carboxylic acids is 1. The third kappa shape index (κ3) is 18.9. The minimum absolute atomic E-state index is 0.303. The molecule has 0 aromatic heterocycles. The first kappa shape index (κ1) is 20.9. The molecule has 0 aliphatic carbocycles. The zero-order valence-corrected chi connectivity index (χ0v) is 14.6. The van der Waals surface area contributed by atoms with Gasteiger partial charge in [-0.2, -0.15) is 0 Å². The molecule has 1 N–H and O–H groups in total. The van der Waals surface area contributed by atoms with E-state index in [0.29, 0.717) is 6.42 Å². The van der Waals surface area contributed by atoms with Crippen molar-refractivity contribution in [1.29, 1.82) is 0 Å². The average Bonchev–Trinajstić information content (AvgIpc) is 2.50. The van der Waals surface area contributed by atoms with Crippen molar-refractivity contribution in [2.75, 3.05) is 0 Å². The van der Waals surface area contributed by atoms with Gasteiger partial charge in [0.2, 0.25) is 0 Å². The topological polar surface area (TPSA) is 37.3 Å². The Hall–Kier alpha value is -1.05. The third-order valence-electron chi connectivity index (χ3n) is 3.81. The molecule has 0 aliphatic rings. The van der Waals surface area contributed by atoms with Gasteiger partial charge in [0.1, 0.15) is 0 Å². The van der Waals surface area contributed by atoms with E-state index in [1.807, 2.05) is 0 Å². The first-order valence-electron chi connectivity index (χ1n) is 9.29. The summed E-state index contributed by atoms with van der Waals surface area (Å²) in [5, 5.41) is 8.51. The molecule has 0 aliphatic heterocycles. The third-order valence-corrected chi connectivity index (χ3v) is 3.81. The Morgan fingerprint density at radius 1 is 0.682 bits per heavy atom. The Bertz CT molecular complexity index is 292. The highest BCUT2D eigenvalue weighted by Crippen LogP contribution is 2.08. The van der Waals surface area contributed by atoms with E-state index in [1.54, 1.807) is 0 Å². The Labute approximate surface area is 137 Å². The summed E-state index contributed by atoms with van der Waals surface area (Å²) in [6.07, 6.45) is 25.2. The summed E-state index contributed by atoms with van der Waals surface area (Å²) in [6, 6.07) is 0. The van der Waals surface area contributed by atoms with E-state index in [9.17, 15) is 4.79 Å². The fourth-order valence-electron chi connectivity index (χ4n) is 2.41. The smallest absolute Gasteiger partial charge is 0.303 e. The number of carbonyl (C=O) groups is 1. The maximum absolute atomic E-state index is 10.3. The van der Waals surface area contributed by atoms with Gasteiger partial charge in [-0.05, 0) is 51.4 Å². The van der Waals surface area contributed by atoms with Crippen molar-refractivity contribution >= 4 is 5.97 Å². The van der Waals surface area contributed by atoms with Crippen molar-refractivity contribution in [2.24, 2.45) is 0 Å². The Balaban J connectivity index is 3.18. The van der Waals surface area contributed by atoms with Gasteiger partial charge in [-0.15, -0.1) is 0 Å². The molecule has 0 unspecified atom stereocenters. The molecule has 0 fully saturated rings. The van der Waals surface area contributed by atoms with Crippen LogP contribution in [0, 0.1) is 0 Å². The summed E-state index contributed by atoms with van der Waals surface area (Å²) >= 11 is 0. The zero-order valence-electron chi connectivity index (χ0n) is 14.6. The standard InChI is InChI=1S/C20H36O2/c1-2-3-4-5-6-7-8-9-10-11-12-13-14-15-16-17-18-19-20(21)22/h9-10,14-15H,2-8,11-13,16-19H2,1H3,(H,21,22)/b10-9+,15-14+. The van der Waals surface area contributed by atoms with E-state index in [2.05, 4.69) is 31.2 Å². The molecule has 0 heterocycles. The van der Waals surface area contributed by atoms with Crippen molar-refractivity contribution in [2.45, 2.75) is 96.8 Å². The number of hydrogen-bond acceptors (Lipinski definition) is 1. The second-order valence-corrected chi connectivity index (χ2v) is 6.07. The minimum atomic E-state index is -0.684. The molecule has 22 heavy (non-hydrogen) atoms. The zero-order chi connectivity index (χ0) is 16.3. The van der Waals surface area contributed by atoms with Gasteiger partial charge < -0.3 is 5.11 Å². The van der Waals surface area contributed by atoms with Crippen molar-refractivity contribution < 1.29 is 9.90 Å². The van der Waals surface area contributed by atoms with Gasteiger partial charge in [0.25, 0.3) is 0 Å². The second kappa shape index (κ2) is 18.0. The van der Waals surface area contributed by atoms with Gasteiger partial charge in [0, 0.05) is 6.42 Å². The largest absolute Gasteiger partial charge is 0.481 e. The van der Waals surface area contributed by atoms with Gasteiger partial charge in [-0.3, -0.25) is 4.79 Å². The lowest BCUT2D eigenvalue weighted by molar-refractivity contribution is -0.137. The number of hydrogen-bond donors (Lipinski definition) is 1. The summed E-state index contributed by atoms with van der Waals surface area (Å²) in [7, 11) is 0. The molecule has 0 radical (unpaired) electrons. The van der Waals surface area contributed by atoms with Crippen LogP contribution in [-0.2, 0) is 4.79 Å². The van der Waals surface area contributed by atoms with E-state index in [0.717, 1.165) is 25.7 Å². The van der Waals surface area contributed by atoms with E-state index in [-0.39, 0.29) is 0 Å². The predicted molar refractivity (Wildman–Crippen MR) is 96.2 cm³/mol. The molecular formula is C20H36O2. The molecule has 0 aromatic rings. The van der Waals surface area contributed by atoms with Gasteiger partial charge >= 0.3 is 5.97 Å². The fraction of sp³-hybridized carbons (Fsp3) is 0.750. The number of carboxylic acid groups (broad SMARTS) is 1. The quantitative estimate of drug-likeness (QED) is 0.255. The predicted octanol–water partition coefficient (Wildman–Crippen LogP) is 6.66. The molecular weight excluding hydrogens is 272 g/mol. The summed E-state index contributed by atoms with van der Waals surface area (Å²) in [4.78, 5) is 10.3. The SMILES string of the molecule is CCCCCCCC/C=C/CCC/C=C/CCCCC(=O)O. The summed E-state index contributed by atoms with van der Waals surface area (Å²) in [5.74, 6) is -0.684. The maximum atomic E-state index is 10.3. The highest BCUT2D eigenvalue weighted by molar-refractivity contribution is 5.66. The first-order valence-corrected chi connectivity index (χ1v) is 9.29. The monoisotopic (exact) mass is 308 g/mol. The van der Waals surface area contributed by atoms with E-state index < -0.39 is 5.97 Å². The molecule has 0 rings (SSSR count). The van der Waals surface area contributed by atoms with Crippen LogP contribution in [0.3, 0.4) is 0 Å². The first-order chi connectivity index (χ1) is 10.8. The van der Waals surface area contributed by atoms with Crippen molar-refractivity contribution in [1.82, 2.24) is 0 Å². The Morgan fingerprint density at radius 3 is 1.68 bits per heavy atom. The van der Waals surface area contributed by atoms with E-state index in [4.69, 9.17) is 5.11 Å². The van der Waals surface area contributed by atoms with Crippen LogP contribution in [0.15, 0.2) is 24.3 Å². The summed E-state index contributed by atoms with van der Waals surface area (Å²) in [6.45, 7) is 2.26. The average molecular weight is 309 g/mol. The molecule has 0 amide bonds. The van der Waals surface area contributed by atoms with Gasteiger partial charge in [0.15, 0.2) is 0 Å². The van der Waals surface area contributed by atoms with Crippen LogP contribution in [0.2, 0.25) is 0 Å². The number of unbranched alkanes of at least 4 members (excludes halogenated alkanes) is 10. The number of aliphatic carboxylic acids is 1. The lowest BCUT2D eigenvalue weighted by atomic mass is 10.1. The molecule has 0 spiro atoms. The van der Waals surface area contributed by atoms with Gasteiger partial charge in [-0.25, -0.2) is 0 Å². The van der Waals surface area contributed by atoms with Crippen LogP contribution in [0.5, 0.6) is 0 Å². The molecule has 0 atom stereocenters. The normalized spacial score (nSPS) is 11.7. The van der Waals surface area contributed by atoms with Crippen LogP contribution >= 0.6 is 0 Å². The van der Waals surface area contributed by atoms with E-state index >= 15 is 0 Å². The van der Waals surface area contributed by atoms with Crippen LogP contribution in [0.4, 0.5) is 0 Å². The highest BCUT2D eigenvalue weighted by atomic mass is 16.4. The lowest BCUT2D eigenvalue weighted by Crippen LogP contribution is -1.92. The lowest BCUT2D eigenvalue weighted by Gasteiger charge is -1.97. The molecule has 0 saturated carbocycles. The highest BCUT2D eigenvalue weighted by Gasteiger charge is 1.94. The van der Waals surface area contributed by atoms with Crippen LogP contribution in [0.25, 0.3) is 0 Å². The Kier molecular flexibility index (Phi) is 17.1. The second-order valence-electron chi connectivity index (χ2n) is 6.07. The minimum Gasteiger partial charge on any atom is -0.481 e. The van der Waals surface area contributed by atoms with Crippen LogP contribution in [0.1, 0.15) is 96.8 Å². The molecule has 128 valence electrons. The summed E-state index contributed by atoms with van der Waals surface area (Å²) in [5.41, 5.74) is 0. The van der Waals surface area contributed by atoms with Gasteiger partial charge in [-0.1, -0.05) is 63.3 Å². The van der Waals surface area contributed by atoms with Crippen LogP contribution < -0.4 is 0 Å². The number of allylic oxidation sites excluding steroid dienone is 4.